The quantitative estimate of drug-likeness (QED) is 0.658. The Morgan fingerprint density at radius 1 is 1.25 bits per heavy atom. The standard InChI is InChI=1S/C14H27N3O3/c1-14(2,12(18)19)10-16-13(20)15-8-9-17(3)11-6-4-5-7-11/h11H,4-10H2,1-3H3,(H,18,19)(H2,15,16,20). The van der Waals surface area contributed by atoms with Crippen LogP contribution in [-0.2, 0) is 4.79 Å². The number of likely N-dealkylation sites (N-methyl/N-ethyl adjacent to an activating group) is 1. The summed E-state index contributed by atoms with van der Waals surface area (Å²) >= 11 is 0. The van der Waals surface area contributed by atoms with Crippen LogP contribution in [-0.4, -0.2) is 54.7 Å². The lowest BCUT2D eigenvalue weighted by molar-refractivity contribution is -0.146. The Balaban J connectivity index is 2.15. The average Bonchev–Trinajstić information content (AvgIpc) is 2.90. The number of urea groups is 1. The minimum absolute atomic E-state index is 0.118. The molecule has 0 spiro atoms. The molecule has 0 aliphatic heterocycles. The third-order valence-corrected chi connectivity index (χ3v) is 3.97. The maximum atomic E-state index is 11.6. The molecule has 0 aromatic heterocycles. The summed E-state index contributed by atoms with van der Waals surface area (Å²) in [4.78, 5) is 24.8. The van der Waals surface area contributed by atoms with Gasteiger partial charge in [0.05, 0.1) is 5.41 Å². The van der Waals surface area contributed by atoms with E-state index < -0.39 is 11.4 Å². The Labute approximate surface area is 120 Å². The van der Waals surface area contributed by atoms with E-state index in [1.807, 2.05) is 0 Å². The van der Waals surface area contributed by atoms with Crippen molar-refractivity contribution in [2.75, 3.05) is 26.7 Å². The van der Waals surface area contributed by atoms with E-state index in [1.165, 1.54) is 25.7 Å². The zero-order valence-corrected chi connectivity index (χ0v) is 12.7. The maximum Gasteiger partial charge on any atom is 0.314 e. The molecule has 116 valence electrons. The van der Waals surface area contributed by atoms with E-state index >= 15 is 0 Å². The summed E-state index contributed by atoms with van der Waals surface area (Å²) in [5.41, 5.74) is -0.946. The van der Waals surface area contributed by atoms with Crippen LogP contribution in [0.1, 0.15) is 39.5 Å². The molecule has 0 unspecified atom stereocenters. The predicted molar refractivity (Wildman–Crippen MR) is 77.7 cm³/mol. The van der Waals surface area contributed by atoms with Crippen LogP contribution in [0.2, 0.25) is 0 Å². The first-order chi connectivity index (χ1) is 9.33. The number of carbonyl (C=O) groups is 2. The molecular formula is C14H27N3O3. The summed E-state index contributed by atoms with van der Waals surface area (Å²) in [6, 6.07) is 0.338. The Bertz CT molecular complexity index is 339. The van der Waals surface area contributed by atoms with Crippen molar-refractivity contribution in [1.82, 2.24) is 15.5 Å². The van der Waals surface area contributed by atoms with Gasteiger partial charge in [0.1, 0.15) is 0 Å². The van der Waals surface area contributed by atoms with Crippen LogP contribution in [0.3, 0.4) is 0 Å². The average molecular weight is 285 g/mol. The molecule has 1 aliphatic carbocycles. The number of nitrogens with one attached hydrogen (secondary N) is 2. The second kappa shape index (κ2) is 7.47. The van der Waals surface area contributed by atoms with Gasteiger partial charge in [0.25, 0.3) is 0 Å². The highest BCUT2D eigenvalue weighted by Crippen LogP contribution is 2.21. The van der Waals surface area contributed by atoms with E-state index in [0.717, 1.165) is 6.54 Å². The lowest BCUT2D eigenvalue weighted by Gasteiger charge is -2.24. The number of carbonyl (C=O) groups excluding carboxylic acids is 1. The van der Waals surface area contributed by atoms with Crippen LogP contribution in [0.5, 0.6) is 0 Å². The van der Waals surface area contributed by atoms with Gasteiger partial charge in [0.2, 0.25) is 0 Å². The van der Waals surface area contributed by atoms with Crippen molar-refractivity contribution in [3.8, 4) is 0 Å². The largest absolute Gasteiger partial charge is 0.481 e. The topological polar surface area (TPSA) is 81.7 Å². The van der Waals surface area contributed by atoms with Crippen molar-refractivity contribution in [3.63, 3.8) is 0 Å². The molecule has 0 heterocycles. The molecule has 6 heteroatoms. The van der Waals surface area contributed by atoms with E-state index in [0.29, 0.717) is 12.6 Å². The van der Waals surface area contributed by atoms with E-state index in [2.05, 4.69) is 22.6 Å². The number of carboxylic acid groups (broad SMARTS) is 1. The summed E-state index contributed by atoms with van der Waals surface area (Å²) in [6.45, 7) is 4.69. The fourth-order valence-corrected chi connectivity index (χ4v) is 2.31. The van der Waals surface area contributed by atoms with Gasteiger partial charge in [-0.05, 0) is 33.7 Å². The molecule has 20 heavy (non-hydrogen) atoms. The first kappa shape index (κ1) is 16.8. The Kier molecular flexibility index (Phi) is 6.26. The number of hydrogen-bond donors (Lipinski definition) is 3. The summed E-state index contributed by atoms with van der Waals surface area (Å²) in [6.07, 6.45) is 5.09. The molecule has 0 aromatic rings. The fraction of sp³-hybridized carbons (Fsp3) is 0.857. The number of hydrogen-bond acceptors (Lipinski definition) is 3. The van der Waals surface area contributed by atoms with Gasteiger partial charge in [-0.1, -0.05) is 12.8 Å². The van der Waals surface area contributed by atoms with E-state index in [1.54, 1.807) is 13.8 Å². The maximum absolute atomic E-state index is 11.6. The third kappa shape index (κ3) is 5.36. The summed E-state index contributed by atoms with van der Waals surface area (Å²) in [5.74, 6) is -0.918. The first-order valence-electron chi connectivity index (χ1n) is 7.28. The van der Waals surface area contributed by atoms with Crippen molar-refractivity contribution in [3.05, 3.63) is 0 Å². The normalized spacial score (nSPS) is 16.4. The summed E-state index contributed by atoms with van der Waals surface area (Å²) in [7, 11) is 2.09. The van der Waals surface area contributed by atoms with Crippen molar-refractivity contribution in [1.29, 1.82) is 0 Å². The number of nitrogens with zero attached hydrogens (tertiary/aromatic N) is 1. The highest BCUT2D eigenvalue weighted by atomic mass is 16.4. The summed E-state index contributed by atoms with van der Waals surface area (Å²) in [5, 5.41) is 14.3. The zero-order valence-electron chi connectivity index (χ0n) is 12.7. The second-order valence-electron chi connectivity index (χ2n) is 6.22. The van der Waals surface area contributed by atoms with Crippen LogP contribution >= 0.6 is 0 Å². The molecular weight excluding hydrogens is 258 g/mol. The van der Waals surface area contributed by atoms with Crippen molar-refractivity contribution in [2.45, 2.75) is 45.6 Å². The predicted octanol–water partition coefficient (Wildman–Crippen LogP) is 1.27. The third-order valence-electron chi connectivity index (χ3n) is 3.97. The molecule has 0 radical (unpaired) electrons. The molecule has 1 rings (SSSR count). The van der Waals surface area contributed by atoms with Crippen LogP contribution in [0, 0.1) is 5.41 Å². The number of amides is 2. The van der Waals surface area contributed by atoms with Crippen LogP contribution in [0.25, 0.3) is 0 Å². The molecule has 6 nitrogen and oxygen atoms in total. The molecule has 1 fully saturated rings. The van der Waals surface area contributed by atoms with Crippen LogP contribution in [0.15, 0.2) is 0 Å². The molecule has 3 N–H and O–H groups in total. The Morgan fingerprint density at radius 3 is 2.40 bits per heavy atom. The lowest BCUT2D eigenvalue weighted by Crippen LogP contribution is -2.45. The SMILES string of the molecule is CN(CCNC(=O)NCC(C)(C)C(=O)O)C1CCCC1. The van der Waals surface area contributed by atoms with Crippen molar-refractivity contribution < 1.29 is 14.7 Å². The smallest absolute Gasteiger partial charge is 0.314 e. The van der Waals surface area contributed by atoms with Gasteiger partial charge in [-0.25, -0.2) is 4.79 Å². The minimum atomic E-state index is -0.946. The van der Waals surface area contributed by atoms with E-state index in [9.17, 15) is 9.59 Å². The Hall–Kier alpha value is -1.30. The minimum Gasteiger partial charge on any atom is -0.481 e. The van der Waals surface area contributed by atoms with Gasteiger partial charge in [0, 0.05) is 25.7 Å². The zero-order chi connectivity index (χ0) is 15.2. The van der Waals surface area contributed by atoms with E-state index in [4.69, 9.17) is 5.11 Å². The van der Waals surface area contributed by atoms with Gasteiger partial charge in [-0.3, -0.25) is 4.79 Å². The van der Waals surface area contributed by atoms with Crippen LogP contribution in [0.4, 0.5) is 4.79 Å². The fourth-order valence-electron chi connectivity index (χ4n) is 2.31. The highest BCUT2D eigenvalue weighted by molar-refractivity contribution is 5.77. The second-order valence-corrected chi connectivity index (χ2v) is 6.22. The Morgan fingerprint density at radius 2 is 1.85 bits per heavy atom. The molecule has 0 saturated heterocycles. The van der Waals surface area contributed by atoms with Gasteiger partial charge in [0.15, 0.2) is 0 Å². The molecule has 1 saturated carbocycles. The number of aliphatic carboxylic acids is 1. The molecule has 0 atom stereocenters. The van der Waals surface area contributed by atoms with Gasteiger partial charge in [-0.15, -0.1) is 0 Å². The molecule has 2 amide bonds. The summed E-state index contributed by atoms with van der Waals surface area (Å²) < 4.78 is 0. The molecule has 0 aromatic carbocycles. The van der Waals surface area contributed by atoms with Gasteiger partial charge in [-0.2, -0.15) is 0 Å². The number of carboxylic acids is 1. The first-order valence-corrected chi connectivity index (χ1v) is 7.28. The van der Waals surface area contributed by atoms with Gasteiger partial charge < -0.3 is 20.6 Å². The van der Waals surface area contributed by atoms with Crippen molar-refractivity contribution in [2.24, 2.45) is 5.41 Å². The van der Waals surface area contributed by atoms with Crippen LogP contribution < -0.4 is 10.6 Å². The number of rotatable bonds is 7. The monoisotopic (exact) mass is 285 g/mol. The highest BCUT2D eigenvalue weighted by Gasteiger charge is 2.27. The lowest BCUT2D eigenvalue weighted by atomic mass is 9.94. The van der Waals surface area contributed by atoms with Gasteiger partial charge >= 0.3 is 12.0 Å². The van der Waals surface area contributed by atoms with Crippen molar-refractivity contribution >= 4 is 12.0 Å². The molecule has 0 bridgehead atoms. The molecule has 1 aliphatic rings. The van der Waals surface area contributed by atoms with E-state index in [-0.39, 0.29) is 12.6 Å².